The summed E-state index contributed by atoms with van der Waals surface area (Å²) in [4.78, 5) is 4.09. The summed E-state index contributed by atoms with van der Waals surface area (Å²) >= 11 is 1.69. The van der Waals surface area contributed by atoms with E-state index >= 15 is 0 Å². The highest BCUT2D eigenvalue weighted by Crippen LogP contribution is 2.23. The van der Waals surface area contributed by atoms with Crippen LogP contribution in [0.25, 0.3) is 0 Å². The topological polar surface area (TPSA) is 38.1 Å². The molecule has 80 valence electrons. The van der Waals surface area contributed by atoms with Gasteiger partial charge in [0.1, 0.15) is 6.26 Å². The molecule has 0 aliphatic heterocycles. The number of rotatable bonds is 6. The molecule has 0 radical (unpaired) electrons. The van der Waals surface area contributed by atoms with E-state index in [1.807, 2.05) is 0 Å². The second-order valence-corrected chi connectivity index (χ2v) is 4.81. The molecule has 0 saturated heterocycles. The lowest BCUT2D eigenvalue weighted by Crippen LogP contribution is -2.28. The molecule has 0 aliphatic carbocycles. The van der Waals surface area contributed by atoms with Gasteiger partial charge in [-0.15, -0.1) is 0 Å². The molecule has 0 saturated carbocycles. The maximum atomic E-state index is 5.18. The largest absolute Gasteiger partial charge is 0.440 e. The van der Waals surface area contributed by atoms with E-state index in [0.29, 0.717) is 11.3 Å². The quantitative estimate of drug-likeness (QED) is 0.739. The molecular weight excluding hydrogens is 196 g/mol. The van der Waals surface area contributed by atoms with Crippen LogP contribution in [-0.4, -0.2) is 22.8 Å². The van der Waals surface area contributed by atoms with Crippen molar-refractivity contribution in [1.82, 2.24) is 10.3 Å². The fourth-order valence-electron chi connectivity index (χ4n) is 1.42. The van der Waals surface area contributed by atoms with Gasteiger partial charge in [0.25, 0.3) is 5.22 Å². The number of nitrogens with zero attached hydrogens (tertiary/aromatic N) is 1. The number of nitrogens with one attached hydrogen (secondary N) is 1. The van der Waals surface area contributed by atoms with Crippen molar-refractivity contribution in [2.45, 2.75) is 43.7 Å². The van der Waals surface area contributed by atoms with Gasteiger partial charge in [-0.1, -0.05) is 25.6 Å². The van der Waals surface area contributed by atoms with Crippen LogP contribution in [0.3, 0.4) is 0 Å². The minimum atomic E-state index is 0.530. The average Bonchev–Trinajstić information content (AvgIpc) is 2.56. The zero-order chi connectivity index (χ0) is 10.4. The number of thioether (sulfide) groups is 1. The minimum Gasteiger partial charge on any atom is -0.440 e. The van der Waals surface area contributed by atoms with Crippen molar-refractivity contribution >= 4 is 11.8 Å². The Hall–Kier alpha value is -0.480. The summed E-state index contributed by atoms with van der Waals surface area (Å²) in [5.74, 6) is 0. The van der Waals surface area contributed by atoms with E-state index < -0.39 is 0 Å². The number of aromatic nitrogens is 1. The van der Waals surface area contributed by atoms with Crippen LogP contribution in [0, 0.1) is 0 Å². The summed E-state index contributed by atoms with van der Waals surface area (Å²) in [6, 6.07) is 0.553. The third-order valence-corrected chi connectivity index (χ3v) is 2.95. The molecule has 2 atom stereocenters. The molecule has 0 amide bonds. The fraction of sp³-hybridized carbons (Fsp3) is 0.700. The lowest BCUT2D eigenvalue weighted by Gasteiger charge is -2.15. The first-order chi connectivity index (χ1) is 6.72. The zero-order valence-corrected chi connectivity index (χ0v) is 9.80. The van der Waals surface area contributed by atoms with Crippen LogP contribution in [0.5, 0.6) is 0 Å². The zero-order valence-electron chi connectivity index (χ0n) is 8.99. The first-order valence-electron chi connectivity index (χ1n) is 5.02. The third kappa shape index (κ3) is 4.15. The van der Waals surface area contributed by atoms with Gasteiger partial charge in [0, 0.05) is 11.3 Å². The maximum absolute atomic E-state index is 5.18. The van der Waals surface area contributed by atoms with Gasteiger partial charge in [0.15, 0.2) is 0 Å². The normalized spacial score (nSPS) is 15.4. The Balaban J connectivity index is 2.25. The summed E-state index contributed by atoms with van der Waals surface area (Å²) in [5, 5.41) is 4.69. The van der Waals surface area contributed by atoms with Gasteiger partial charge in [0.05, 0.1) is 6.20 Å². The van der Waals surface area contributed by atoms with Crippen molar-refractivity contribution in [3.05, 3.63) is 12.5 Å². The van der Waals surface area contributed by atoms with E-state index in [2.05, 4.69) is 31.1 Å². The van der Waals surface area contributed by atoms with Gasteiger partial charge >= 0.3 is 0 Å². The lowest BCUT2D eigenvalue weighted by atomic mass is 10.2. The number of hydrogen-bond donors (Lipinski definition) is 1. The average molecular weight is 214 g/mol. The van der Waals surface area contributed by atoms with Gasteiger partial charge in [0.2, 0.25) is 0 Å². The van der Waals surface area contributed by atoms with Crippen molar-refractivity contribution < 1.29 is 4.42 Å². The van der Waals surface area contributed by atoms with E-state index in [1.165, 1.54) is 0 Å². The molecule has 0 spiro atoms. The van der Waals surface area contributed by atoms with Crippen molar-refractivity contribution in [1.29, 1.82) is 0 Å². The SMILES string of the molecule is CCNC(C)CC(C)Sc1ncco1. The van der Waals surface area contributed by atoms with Crippen molar-refractivity contribution in [2.75, 3.05) is 6.54 Å². The van der Waals surface area contributed by atoms with Crippen molar-refractivity contribution in [3.8, 4) is 0 Å². The van der Waals surface area contributed by atoms with Crippen LogP contribution in [0.15, 0.2) is 22.1 Å². The van der Waals surface area contributed by atoms with Gasteiger partial charge in [-0.2, -0.15) is 0 Å². The van der Waals surface area contributed by atoms with E-state index in [0.717, 1.165) is 18.2 Å². The van der Waals surface area contributed by atoms with E-state index in [4.69, 9.17) is 4.42 Å². The highest BCUT2D eigenvalue weighted by Gasteiger charge is 2.11. The number of hydrogen-bond acceptors (Lipinski definition) is 4. The molecule has 1 heterocycles. The second-order valence-electron chi connectivity index (χ2n) is 3.42. The molecule has 3 nitrogen and oxygen atoms in total. The molecule has 1 aromatic heterocycles. The fourth-order valence-corrected chi connectivity index (χ4v) is 2.38. The third-order valence-electron chi connectivity index (χ3n) is 1.95. The highest BCUT2D eigenvalue weighted by atomic mass is 32.2. The van der Waals surface area contributed by atoms with Gasteiger partial charge in [-0.05, 0) is 19.9 Å². The summed E-state index contributed by atoms with van der Waals surface area (Å²) in [5.41, 5.74) is 0. The molecule has 0 aliphatic rings. The molecule has 4 heteroatoms. The monoisotopic (exact) mass is 214 g/mol. The molecular formula is C10H18N2OS. The highest BCUT2D eigenvalue weighted by molar-refractivity contribution is 7.99. The Morgan fingerprint density at radius 2 is 2.36 bits per heavy atom. The summed E-state index contributed by atoms with van der Waals surface area (Å²) < 4.78 is 5.18. The maximum Gasteiger partial charge on any atom is 0.255 e. The Morgan fingerprint density at radius 1 is 1.57 bits per heavy atom. The van der Waals surface area contributed by atoms with Gasteiger partial charge in [-0.3, -0.25) is 0 Å². The van der Waals surface area contributed by atoms with Crippen molar-refractivity contribution in [2.24, 2.45) is 0 Å². The molecule has 14 heavy (non-hydrogen) atoms. The van der Waals surface area contributed by atoms with Crippen LogP contribution in [0.1, 0.15) is 27.2 Å². The lowest BCUT2D eigenvalue weighted by molar-refractivity contribution is 0.451. The van der Waals surface area contributed by atoms with Crippen molar-refractivity contribution in [3.63, 3.8) is 0 Å². The van der Waals surface area contributed by atoms with E-state index in [1.54, 1.807) is 24.2 Å². The Bertz CT molecular complexity index is 238. The Labute approximate surface area is 89.7 Å². The standard InChI is InChI=1S/C10H18N2OS/c1-4-11-8(2)7-9(3)14-10-12-5-6-13-10/h5-6,8-9,11H,4,7H2,1-3H3. The first-order valence-corrected chi connectivity index (χ1v) is 5.89. The number of oxazole rings is 1. The molecule has 2 unspecified atom stereocenters. The second kappa shape index (κ2) is 6.09. The van der Waals surface area contributed by atoms with Crippen LogP contribution in [0.4, 0.5) is 0 Å². The van der Waals surface area contributed by atoms with Crippen LogP contribution in [-0.2, 0) is 0 Å². The van der Waals surface area contributed by atoms with Crippen LogP contribution < -0.4 is 5.32 Å². The Morgan fingerprint density at radius 3 is 2.93 bits per heavy atom. The van der Waals surface area contributed by atoms with E-state index in [9.17, 15) is 0 Å². The van der Waals surface area contributed by atoms with Crippen LogP contribution in [0.2, 0.25) is 0 Å². The summed E-state index contributed by atoms with van der Waals surface area (Å²) in [6.45, 7) is 7.55. The minimum absolute atomic E-state index is 0.530. The molecule has 0 bridgehead atoms. The molecule has 0 fully saturated rings. The summed E-state index contributed by atoms with van der Waals surface area (Å²) in [6.07, 6.45) is 4.42. The first kappa shape index (κ1) is 11.6. The van der Waals surface area contributed by atoms with Gasteiger partial charge < -0.3 is 9.73 Å². The molecule has 0 aromatic carbocycles. The smallest absolute Gasteiger partial charge is 0.255 e. The predicted molar refractivity (Wildman–Crippen MR) is 59.6 cm³/mol. The van der Waals surface area contributed by atoms with E-state index in [-0.39, 0.29) is 0 Å². The molecule has 1 aromatic rings. The Kier molecular flexibility index (Phi) is 5.04. The summed E-state index contributed by atoms with van der Waals surface area (Å²) in [7, 11) is 0. The molecule has 1 rings (SSSR count). The van der Waals surface area contributed by atoms with Gasteiger partial charge in [-0.25, -0.2) is 4.98 Å². The molecule has 1 N–H and O–H groups in total. The predicted octanol–water partition coefficient (Wildman–Crippen LogP) is 2.54. The van der Waals surface area contributed by atoms with Crippen LogP contribution >= 0.6 is 11.8 Å².